The van der Waals surface area contributed by atoms with Crippen molar-refractivity contribution in [1.29, 1.82) is 0 Å². The van der Waals surface area contributed by atoms with Crippen LogP contribution in [0.2, 0.25) is 10.0 Å². The van der Waals surface area contributed by atoms with Crippen LogP contribution in [0.1, 0.15) is 11.1 Å². The van der Waals surface area contributed by atoms with Crippen LogP contribution in [0.3, 0.4) is 0 Å². The Morgan fingerprint density at radius 2 is 1.70 bits per heavy atom. The van der Waals surface area contributed by atoms with Gasteiger partial charge in [0.25, 0.3) is 11.9 Å². The molecule has 2 heterocycles. The average molecular weight is 491 g/mol. The Morgan fingerprint density at radius 1 is 0.970 bits per heavy atom. The number of hydrogen-bond acceptors (Lipinski definition) is 4. The number of rotatable bonds is 5. The molecule has 5 rings (SSSR count). The van der Waals surface area contributed by atoms with Gasteiger partial charge in [-0.05, 0) is 35.4 Å². The van der Waals surface area contributed by atoms with E-state index < -0.39 is 0 Å². The lowest BCUT2D eigenvalue weighted by molar-refractivity contribution is -0.111. The molecule has 0 aliphatic carbocycles. The molecule has 0 saturated carbocycles. The Balaban J connectivity index is 1.49. The van der Waals surface area contributed by atoms with Gasteiger partial charge in [0.05, 0.1) is 10.7 Å². The number of halogens is 2. The van der Waals surface area contributed by atoms with E-state index >= 15 is 0 Å². The lowest BCUT2D eigenvalue weighted by Crippen LogP contribution is -2.15. The molecule has 5 nitrogen and oxygen atoms in total. The Kier molecular flexibility index (Phi) is 5.96. The number of nitrogens with one attached hydrogen (secondary N) is 1. The van der Waals surface area contributed by atoms with Crippen LogP contribution < -0.4 is 5.32 Å². The standard InChI is InChI=1S/C25H16Cl2N4OS/c26-18-11-12-21(27)20(14-18)22-15-33-25-29-24(30-31(22)25)28-23(32)19(17-9-5-2-6-10-17)13-16-7-3-1-4-8-16/h1-15H,(H,28,30,32)/b19-13-. The third-order valence-electron chi connectivity index (χ3n) is 4.95. The average Bonchev–Trinajstić information content (AvgIpc) is 3.40. The summed E-state index contributed by atoms with van der Waals surface area (Å²) in [5, 5.41) is 10.4. The predicted octanol–water partition coefficient (Wildman–Crippen LogP) is 6.94. The van der Waals surface area contributed by atoms with Gasteiger partial charge in [0.15, 0.2) is 0 Å². The number of thiazole rings is 1. The van der Waals surface area contributed by atoms with Gasteiger partial charge in [-0.25, -0.2) is 4.52 Å². The minimum absolute atomic E-state index is 0.209. The number of aromatic nitrogens is 3. The fourth-order valence-corrected chi connectivity index (χ4v) is 4.60. The van der Waals surface area contributed by atoms with E-state index in [1.807, 2.05) is 72.1 Å². The van der Waals surface area contributed by atoms with Crippen LogP contribution in [0, 0.1) is 0 Å². The van der Waals surface area contributed by atoms with Crippen molar-refractivity contribution in [2.45, 2.75) is 0 Å². The first-order valence-corrected chi connectivity index (χ1v) is 11.7. The summed E-state index contributed by atoms with van der Waals surface area (Å²) in [5.41, 5.74) is 3.72. The maximum Gasteiger partial charge on any atom is 0.258 e. The van der Waals surface area contributed by atoms with E-state index in [2.05, 4.69) is 15.4 Å². The summed E-state index contributed by atoms with van der Waals surface area (Å²) in [7, 11) is 0. The molecule has 0 aliphatic rings. The molecule has 0 aliphatic heterocycles. The van der Waals surface area contributed by atoms with Gasteiger partial charge in [-0.15, -0.1) is 16.4 Å². The Morgan fingerprint density at radius 3 is 2.45 bits per heavy atom. The number of benzene rings is 3. The Bertz CT molecular complexity index is 1480. The molecule has 162 valence electrons. The van der Waals surface area contributed by atoms with Crippen LogP contribution in [0.5, 0.6) is 0 Å². The van der Waals surface area contributed by atoms with Crippen molar-refractivity contribution in [3.8, 4) is 11.3 Å². The second-order valence-electron chi connectivity index (χ2n) is 7.16. The molecule has 2 aromatic heterocycles. The molecule has 0 radical (unpaired) electrons. The summed E-state index contributed by atoms with van der Waals surface area (Å²) in [6, 6.07) is 24.4. The van der Waals surface area contributed by atoms with Crippen LogP contribution in [0.15, 0.2) is 84.2 Å². The number of hydrogen-bond donors (Lipinski definition) is 1. The molecule has 1 N–H and O–H groups in total. The van der Waals surface area contributed by atoms with Gasteiger partial charge < -0.3 is 0 Å². The fourth-order valence-electron chi connectivity index (χ4n) is 3.40. The minimum Gasteiger partial charge on any atom is -0.289 e. The fraction of sp³-hybridized carbons (Fsp3) is 0. The molecule has 3 aromatic carbocycles. The summed E-state index contributed by atoms with van der Waals surface area (Å²) in [4.78, 5) is 18.4. The van der Waals surface area contributed by atoms with Gasteiger partial charge in [0.1, 0.15) is 0 Å². The van der Waals surface area contributed by atoms with E-state index in [9.17, 15) is 4.79 Å². The molecule has 1 amide bonds. The van der Waals surface area contributed by atoms with Gasteiger partial charge in [-0.1, -0.05) is 83.9 Å². The van der Waals surface area contributed by atoms with Crippen LogP contribution in [-0.4, -0.2) is 20.5 Å². The van der Waals surface area contributed by atoms with Crippen molar-refractivity contribution in [2.24, 2.45) is 0 Å². The van der Waals surface area contributed by atoms with Gasteiger partial charge in [0, 0.05) is 21.5 Å². The summed E-state index contributed by atoms with van der Waals surface area (Å²) in [6.07, 6.45) is 1.85. The molecule has 0 saturated heterocycles. The highest BCUT2D eigenvalue weighted by molar-refractivity contribution is 7.15. The zero-order valence-electron chi connectivity index (χ0n) is 17.1. The predicted molar refractivity (Wildman–Crippen MR) is 136 cm³/mol. The molecular weight excluding hydrogens is 475 g/mol. The minimum atomic E-state index is -0.300. The SMILES string of the molecule is O=C(Nc1nc2scc(-c3cc(Cl)ccc3Cl)n2n1)/C(=C\c1ccccc1)c1ccccc1. The van der Waals surface area contributed by atoms with Crippen molar-refractivity contribution < 1.29 is 4.79 Å². The van der Waals surface area contributed by atoms with E-state index in [0.717, 1.165) is 22.4 Å². The number of anilines is 1. The Labute approximate surface area is 203 Å². The molecule has 0 atom stereocenters. The zero-order chi connectivity index (χ0) is 22.8. The third-order valence-corrected chi connectivity index (χ3v) is 6.33. The first kappa shape index (κ1) is 21.4. The second kappa shape index (κ2) is 9.19. The number of carbonyl (C=O) groups excluding carboxylic acids is 1. The van der Waals surface area contributed by atoms with Crippen molar-refractivity contribution in [1.82, 2.24) is 14.6 Å². The number of carbonyl (C=O) groups is 1. The van der Waals surface area contributed by atoms with Gasteiger partial charge in [0.2, 0.25) is 4.96 Å². The normalized spacial score (nSPS) is 11.6. The third kappa shape index (κ3) is 4.54. The topological polar surface area (TPSA) is 59.3 Å². The molecule has 8 heteroatoms. The molecule has 0 bridgehead atoms. The van der Waals surface area contributed by atoms with Crippen molar-refractivity contribution in [3.63, 3.8) is 0 Å². The highest BCUT2D eigenvalue weighted by Crippen LogP contribution is 2.33. The summed E-state index contributed by atoms with van der Waals surface area (Å²) in [6.45, 7) is 0. The largest absolute Gasteiger partial charge is 0.289 e. The maximum atomic E-state index is 13.3. The van der Waals surface area contributed by atoms with Crippen molar-refractivity contribution in [2.75, 3.05) is 5.32 Å². The lowest BCUT2D eigenvalue weighted by atomic mass is 10.0. The number of nitrogens with zero attached hydrogens (tertiary/aromatic N) is 3. The molecule has 0 spiro atoms. The second-order valence-corrected chi connectivity index (χ2v) is 8.84. The number of amides is 1. The van der Waals surface area contributed by atoms with Crippen LogP contribution in [0.25, 0.3) is 27.9 Å². The first-order chi connectivity index (χ1) is 16.1. The summed E-state index contributed by atoms with van der Waals surface area (Å²) in [5.74, 6) is -0.0909. The number of fused-ring (bicyclic) bond motifs is 1. The van der Waals surface area contributed by atoms with E-state index in [1.165, 1.54) is 11.3 Å². The molecular formula is C25H16Cl2N4OS. The maximum absolute atomic E-state index is 13.3. The summed E-state index contributed by atoms with van der Waals surface area (Å²) >= 11 is 13.9. The highest BCUT2D eigenvalue weighted by atomic mass is 35.5. The van der Waals surface area contributed by atoms with Crippen molar-refractivity contribution >= 4 is 63.0 Å². The van der Waals surface area contributed by atoms with E-state index in [-0.39, 0.29) is 11.9 Å². The quantitative estimate of drug-likeness (QED) is 0.214. The highest BCUT2D eigenvalue weighted by Gasteiger charge is 2.18. The van der Waals surface area contributed by atoms with E-state index in [1.54, 1.807) is 22.7 Å². The van der Waals surface area contributed by atoms with Crippen LogP contribution in [0.4, 0.5) is 5.95 Å². The van der Waals surface area contributed by atoms with E-state index in [4.69, 9.17) is 23.2 Å². The zero-order valence-corrected chi connectivity index (χ0v) is 19.4. The van der Waals surface area contributed by atoms with Crippen molar-refractivity contribution in [3.05, 3.63) is 105 Å². The van der Waals surface area contributed by atoms with Crippen LogP contribution in [-0.2, 0) is 4.79 Å². The van der Waals surface area contributed by atoms with Crippen LogP contribution >= 0.6 is 34.5 Å². The molecule has 33 heavy (non-hydrogen) atoms. The van der Waals surface area contributed by atoms with E-state index in [0.29, 0.717) is 20.6 Å². The molecule has 0 fully saturated rings. The first-order valence-electron chi connectivity index (χ1n) is 10.0. The molecule has 5 aromatic rings. The lowest BCUT2D eigenvalue weighted by Gasteiger charge is -2.08. The monoisotopic (exact) mass is 490 g/mol. The van der Waals surface area contributed by atoms with Gasteiger partial charge in [-0.3, -0.25) is 10.1 Å². The molecule has 0 unspecified atom stereocenters. The van der Waals surface area contributed by atoms with Gasteiger partial charge >= 0.3 is 0 Å². The Hall–Kier alpha value is -3.45. The van der Waals surface area contributed by atoms with Gasteiger partial charge in [-0.2, -0.15) is 4.98 Å². The summed E-state index contributed by atoms with van der Waals surface area (Å²) < 4.78 is 1.65. The smallest absolute Gasteiger partial charge is 0.258 e.